The number of anilines is 1. The van der Waals surface area contributed by atoms with E-state index in [1.165, 1.54) is 23.1 Å². The summed E-state index contributed by atoms with van der Waals surface area (Å²) < 4.78 is 10.6. The van der Waals surface area contributed by atoms with Crippen LogP contribution >= 0.6 is 23.1 Å². The summed E-state index contributed by atoms with van der Waals surface area (Å²) in [4.78, 5) is 21.8. The van der Waals surface area contributed by atoms with Gasteiger partial charge in [0.15, 0.2) is 16.6 Å². The molecule has 7 nitrogen and oxygen atoms in total. The largest absolute Gasteiger partial charge is 0.493 e. The van der Waals surface area contributed by atoms with Gasteiger partial charge in [0.2, 0.25) is 5.91 Å². The SMILES string of the molecule is COc1ccc(-c2csc(NC(=O)C(C)Sc3nc(C)c(C)c(C)c3C#N)n2)cc1OC. The number of carbonyl (C=O) groups is 1. The van der Waals surface area contributed by atoms with E-state index in [9.17, 15) is 10.1 Å². The number of amides is 1. The first-order valence-corrected chi connectivity index (χ1v) is 11.6. The highest BCUT2D eigenvalue weighted by Crippen LogP contribution is 2.34. The third-order valence-corrected chi connectivity index (χ3v) is 6.99. The van der Waals surface area contributed by atoms with Gasteiger partial charge in [-0.1, -0.05) is 11.8 Å². The van der Waals surface area contributed by atoms with Gasteiger partial charge in [-0.25, -0.2) is 9.97 Å². The lowest BCUT2D eigenvalue weighted by Gasteiger charge is -2.14. The Labute approximate surface area is 195 Å². The van der Waals surface area contributed by atoms with E-state index in [-0.39, 0.29) is 5.91 Å². The third kappa shape index (κ3) is 4.87. The summed E-state index contributed by atoms with van der Waals surface area (Å²) in [5.74, 6) is 1.04. The maximum atomic E-state index is 12.8. The summed E-state index contributed by atoms with van der Waals surface area (Å²) >= 11 is 2.61. The van der Waals surface area contributed by atoms with Crippen LogP contribution in [0.25, 0.3) is 11.3 Å². The molecule has 3 aromatic rings. The molecule has 1 aromatic carbocycles. The Morgan fingerprint density at radius 2 is 1.88 bits per heavy atom. The number of nitrogens with zero attached hydrogens (tertiary/aromatic N) is 3. The van der Waals surface area contributed by atoms with Crippen molar-refractivity contribution in [3.8, 4) is 28.8 Å². The molecule has 1 amide bonds. The molecule has 2 heterocycles. The average Bonchev–Trinajstić information content (AvgIpc) is 3.25. The summed E-state index contributed by atoms with van der Waals surface area (Å²) in [6.07, 6.45) is 0. The van der Waals surface area contributed by atoms with E-state index >= 15 is 0 Å². The predicted molar refractivity (Wildman–Crippen MR) is 128 cm³/mol. The quantitative estimate of drug-likeness (QED) is 0.480. The number of carbonyl (C=O) groups excluding carboxylic acids is 1. The molecule has 0 saturated carbocycles. The highest BCUT2D eigenvalue weighted by Gasteiger charge is 2.21. The Balaban J connectivity index is 1.74. The van der Waals surface area contributed by atoms with Crippen LogP contribution in [0.4, 0.5) is 5.13 Å². The van der Waals surface area contributed by atoms with Crippen LogP contribution in [0.1, 0.15) is 29.3 Å². The number of hydrogen-bond acceptors (Lipinski definition) is 8. The number of nitriles is 1. The van der Waals surface area contributed by atoms with E-state index in [0.717, 1.165) is 28.1 Å². The van der Waals surface area contributed by atoms with Crippen molar-refractivity contribution in [2.45, 2.75) is 38.0 Å². The van der Waals surface area contributed by atoms with Crippen LogP contribution in [0, 0.1) is 32.1 Å². The fraction of sp³-hybridized carbons (Fsp3) is 0.304. The van der Waals surface area contributed by atoms with Gasteiger partial charge >= 0.3 is 0 Å². The minimum atomic E-state index is -0.454. The third-order valence-electron chi connectivity index (χ3n) is 5.15. The highest BCUT2D eigenvalue weighted by molar-refractivity contribution is 8.00. The summed E-state index contributed by atoms with van der Waals surface area (Å²) in [5, 5.41) is 14.9. The Kier molecular flexibility index (Phi) is 7.38. The highest BCUT2D eigenvalue weighted by atomic mass is 32.2. The van der Waals surface area contributed by atoms with E-state index < -0.39 is 5.25 Å². The van der Waals surface area contributed by atoms with Crippen molar-refractivity contribution in [3.63, 3.8) is 0 Å². The molecule has 0 aliphatic carbocycles. The van der Waals surface area contributed by atoms with Gasteiger partial charge in [-0.3, -0.25) is 4.79 Å². The van der Waals surface area contributed by atoms with Gasteiger partial charge < -0.3 is 14.8 Å². The van der Waals surface area contributed by atoms with Crippen molar-refractivity contribution < 1.29 is 14.3 Å². The molecule has 0 aliphatic heterocycles. The van der Waals surface area contributed by atoms with Crippen LogP contribution in [0.15, 0.2) is 28.6 Å². The van der Waals surface area contributed by atoms with Gasteiger partial charge in [-0.05, 0) is 57.0 Å². The van der Waals surface area contributed by atoms with Crippen molar-refractivity contribution in [1.29, 1.82) is 5.26 Å². The first-order chi connectivity index (χ1) is 15.3. The number of nitrogens with one attached hydrogen (secondary N) is 1. The molecule has 0 radical (unpaired) electrons. The zero-order valence-electron chi connectivity index (χ0n) is 18.8. The predicted octanol–water partition coefficient (Wildman–Crippen LogP) is 5.14. The zero-order chi connectivity index (χ0) is 23.4. The fourth-order valence-electron chi connectivity index (χ4n) is 3.02. The minimum absolute atomic E-state index is 0.204. The second-order valence-electron chi connectivity index (χ2n) is 7.10. The molecule has 32 heavy (non-hydrogen) atoms. The standard InChI is InChI=1S/C23H24N4O3S2/c1-12-13(2)17(10-24)22(25-14(12)3)32-15(4)21(28)27-23-26-18(11-31-23)16-7-8-19(29-5)20(9-16)30-6/h7-9,11,15H,1-6H3,(H,26,27,28). The normalized spacial score (nSPS) is 11.5. The number of benzene rings is 1. The van der Waals surface area contributed by atoms with Crippen LogP contribution < -0.4 is 14.8 Å². The van der Waals surface area contributed by atoms with Crippen LogP contribution in [0.3, 0.4) is 0 Å². The summed E-state index contributed by atoms with van der Waals surface area (Å²) in [5.41, 5.74) is 4.85. The van der Waals surface area contributed by atoms with Gasteiger partial charge in [0, 0.05) is 16.6 Å². The van der Waals surface area contributed by atoms with E-state index in [1.807, 2.05) is 44.4 Å². The van der Waals surface area contributed by atoms with Gasteiger partial charge in [0.1, 0.15) is 11.1 Å². The average molecular weight is 469 g/mol. The van der Waals surface area contributed by atoms with Gasteiger partial charge in [-0.15, -0.1) is 11.3 Å². The number of thioether (sulfide) groups is 1. The first kappa shape index (κ1) is 23.6. The number of hydrogen-bond donors (Lipinski definition) is 1. The van der Waals surface area contributed by atoms with E-state index in [0.29, 0.717) is 27.2 Å². The lowest BCUT2D eigenvalue weighted by Crippen LogP contribution is -2.22. The molecule has 0 fully saturated rings. The molecular formula is C23H24N4O3S2. The molecule has 9 heteroatoms. The Morgan fingerprint density at radius 1 is 1.16 bits per heavy atom. The van der Waals surface area contributed by atoms with Crippen molar-refractivity contribution in [1.82, 2.24) is 9.97 Å². The molecule has 0 bridgehead atoms. The molecule has 3 rings (SSSR count). The topological polar surface area (TPSA) is 97.1 Å². The van der Waals surface area contributed by atoms with E-state index in [4.69, 9.17) is 9.47 Å². The van der Waals surface area contributed by atoms with Crippen molar-refractivity contribution in [2.24, 2.45) is 0 Å². The smallest absolute Gasteiger partial charge is 0.239 e. The second-order valence-corrected chi connectivity index (χ2v) is 9.28. The molecule has 0 aliphatic rings. The molecule has 0 spiro atoms. The van der Waals surface area contributed by atoms with Crippen molar-refractivity contribution in [3.05, 3.63) is 46.0 Å². The van der Waals surface area contributed by atoms with Gasteiger partial charge in [0.25, 0.3) is 0 Å². The number of aromatic nitrogens is 2. The zero-order valence-corrected chi connectivity index (χ0v) is 20.4. The monoisotopic (exact) mass is 468 g/mol. The molecule has 0 saturated heterocycles. The number of pyridine rings is 1. The Hall–Kier alpha value is -3.09. The maximum absolute atomic E-state index is 12.8. The van der Waals surface area contributed by atoms with Gasteiger partial charge in [-0.2, -0.15) is 5.26 Å². The summed E-state index contributed by atoms with van der Waals surface area (Å²) in [6.45, 7) is 7.55. The molecule has 1 atom stereocenters. The maximum Gasteiger partial charge on any atom is 0.239 e. The first-order valence-electron chi connectivity index (χ1n) is 9.82. The Morgan fingerprint density at radius 3 is 2.53 bits per heavy atom. The minimum Gasteiger partial charge on any atom is -0.493 e. The lowest BCUT2D eigenvalue weighted by molar-refractivity contribution is -0.115. The number of rotatable bonds is 7. The summed E-state index contributed by atoms with van der Waals surface area (Å²) in [7, 11) is 3.17. The molecular weight excluding hydrogens is 444 g/mol. The van der Waals surface area contributed by atoms with Crippen LogP contribution in [0.5, 0.6) is 11.5 Å². The van der Waals surface area contributed by atoms with Gasteiger partial charge in [0.05, 0.1) is 30.7 Å². The van der Waals surface area contributed by atoms with Crippen molar-refractivity contribution in [2.75, 3.05) is 19.5 Å². The van der Waals surface area contributed by atoms with E-state index in [2.05, 4.69) is 21.4 Å². The molecule has 166 valence electrons. The molecule has 1 unspecified atom stereocenters. The number of thiazole rings is 1. The van der Waals surface area contributed by atoms with Crippen LogP contribution in [0.2, 0.25) is 0 Å². The van der Waals surface area contributed by atoms with E-state index in [1.54, 1.807) is 21.1 Å². The molecule has 1 N–H and O–H groups in total. The lowest BCUT2D eigenvalue weighted by atomic mass is 10.1. The van der Waals surface area contributed by atoms with Crippen molar-refractivity contribution >= 4 is 34.1 Å². The second kappa shape index (κ2) is 10.0. The number of methoxy groups -OCH3 is 2. The molecule has 2 aromatic heterocycles. The number of ether oxygens (including phenoxy) is 2. The Bertz CT molecular complexity index is 1200. The summed E-state index contributed by atoms with van der Waals surface area (Å²) in [6, 6.07) is 7.76. The number of aryl methyl sites for hydroxylation is 1. The van der Waals surface area contributed by atoms with Crippen LogP contribution in [-0.2, 0) is 4.79 Å². The fourth-order valence-corrected chi connectivity index (χ4v) is 4.75. The van der Waals surface area contributed by atoms with Crippen LogP contribution in [-0.4, -0.2) is 35.3 Å².